The third-order valence-electron chi connectivity index (χ3n) is 7.06. The lowest BCUT2D eigenvalue weighted by Crippen LogP contribution is -2.54. The van der Waals surface area contributed by atoms with Gasteiger partial charge in [-0.3, -0.25) is 4.57 Å². The Balaban J connectivity index is 0.00000512. The number of hydrogen-bond acceptors (Lipinski definition) is 7. The standard InChI is InChI=1S/C21H41N3O5Si2.ClH/c1-20(2,3)30(7,8)28-16-14(13-25)27-18(24-12-11-15(22)23-19(24)26)17(16)29-31(9,10)21(4,5)6;/h11-12,14,16-18,25H,13H2,1-10H3,(H2,22,23,26);1H/t14-,16+,17+,18-;/m1./s1. The van der Waals surface area contributed by atoms with Crippen LogP contribution in [0, 0.1) is 0 Å². The molecule has 11 heteroatoms. The highest BCUT2D eigenvalue weighted by molar-refractivity contribution is 6.74. The number of rotatable bonds is 6. The Morgan fingerprint density at radius 2 is 1.53 bits per heavy atom. The first-order valence-electron chi connectivity index (χ1n) is 10.9. The van der Waals surface area contributed by atoms with E-state index in [1.165, 1.54) is 4.57 Å². The van der Waals surface area contributed by atoms with Crippen molar-refractivity contribution < 1.29 is 18.7 Å². The Bertz CT molecular complexity index is 836. The molecule has 4 atom stereocenters. The fourth-order valence-electron chi connectivity index (χ4n) is 3.00. The van der Waals surface area contributed by atoms with Crippen LogP contribution < -0.4 is 11.4 Å². The van der Waals surface area contributed by atoms with Crippen molar-refractivity contribution in [2.75, 3.05) is 12.3 Å². The van der Waals surface area contributed by atoms with Crippen LogP contribution in [-0.4, -0.2) is 56.2 Å². The van der Waals surface area contributed by atoms with E-state index in [0.717, 1.165) is 0 Å². The number of aliphatic hydroxyl groups excluding tert-OH is 1. The lowest BCUT2D eigenvalue weighted by molar-refractivity contribution is -0.0528. The van der Waals surface area contributed by atoms with Crippen LogP contribution in [0.4, 0.5) is 5.82 Å². The zero-order chi connectivity index (χ0) is 24.0. The summed E-state index contributed by atoms with van der Waals surface area (Å²) in [5.41, 5.74) is 5.17. The molecule has 186 valence electrons. The fraction of sp³-hybridized carbons (Fsp3) is 0.810. The number of aromatic nitrogens is 2. The number of nitrogen functional groups attached to an aromatic ring is 1. The summed E-state index contributed by atoms with van der Waals surface area (Å²) < 4.78 is 21.1. The van der Waals surface area contributed by atoms with Crippen LogP contribution in [0.25, 0.3) is 0 Å². The molecule has 32 heavy (non-hydrogen) atoms. The SMILES string of the molecule is CC(C)(C)[Si](C)(C)O[C@@H]1[C@H](O[Si](C)(C)C(C)(C)C)[C@H](n2ccc(N)nc2=O)O[C@@H]1CO.Cl. The van der Waals surface area contributed by atoms with Crippen LogP contribution in [0.5, 0.6) is 0 Å². The highest BCUT2D eigenvalue weighted by Crippen LogP contribution is 2.45. The van der Waals surface area contributed by atoms with Gasteiger partial charge in [0.25, 0.3) is 0 Å². The first kappa shape index (κ1) is 29.3. The van der Waals surface area contributed by atoms with Crippen molar-refractivity contribution in [3.05, 3.63) is 22.7 Å². The van der Waals surface area contributed by atoms with E-state index in [1.54, 1.807) is 12.3 Å². The van der Waals surface area contributed by atoms with Crippen LogP contribution >= 0.6 is 12.4 Å². The van der Waals surface area contributed by atoms with Crippen LogP contribution in [0.1, 0.15) is 47.8 Å². The molecule has 0 unspecified atom stereocenters. The lowest BCUT2D eigenvalue weighted by atomic mass is 10.1. The molecule has 1 aliphatic rings. The molecule has 1 aliphatic heterocycles. The molecule has 1 fully saturated rings. The van der Waals surface area contributed by atoms with Crippen molar-refractivity contribution in [2.24, 2.45) is 0 Å². The van der Waals surface area contributed by atoms with E-state index in [4.69, 9.17) is 19.3 Å². The van der Waals surface area contributed by atoms with E-state index in [9.17, 15) is 9.90 Å². The minimum Gasteiger partial charge on any atom is -0.408 e. The van der Waals surface area contributed by atoms with E-state index < -0.39 is 46.9 Å². The molecular formula is C21H42ClN3O5Si2. The van der Waals surface area contributed by atoms with Gasteiger partial charge < -0.3 is 24.4 Å². The van der Waals surface area contributed by atoms with Gasteiger partial charge >= 0.3 is 5.69 Å². The number of nitrogens with zero attached hydrogens (tertiary/aromatic N) is 2. The molecule has 0 aromatic carbocycles. The van der Waals surface area contributed by atoms with Gasteiger partial charge in [-0.15, -0.1) is 12.4 Å². The maximum atomic E-state index is 12.6. The van der Waals surface area contributed by atoms with Crippen molar-refractivity contribution in [3.8, 4) is 0 Å². The molecule has 3 N–H and O–H groups in total. The van der Waals surface area contributed by atoms with Gasteiger partial charge in [0.2, 0.25) is 0 Å². The van der Waals surface area contributed by atoms with Gasteiger partial charge in [0.15, 0.2) is 22.9 Å². The molecular weight excluding hydrogens is 466 g/mol. The summed E-state index contributed by atoms with van der Waals surface area (Å²) in [6.07, 6.45) is -0.870. The van der Waals surface area contributed by atoms with Crippen molar-refractivity contribution in [2.45, 2.75) is 102 Å². The Morgan fingerprint density at radius 3 is 1.94 bits per heavy atom. The van der Waals surface area contributed by atoms with E-state index in [0.29, 0.717) is 0 Å². The average molecular weight is 508 g/mol. The van der Waals surface area contributed by atoms with Crippen molar-refractivity contribution in [1.29, 1.82) is 0 Å². The van der Waals surface area contributed by atoms with Crippen molar-refractivity contribution in [3.63, 3.8) is 0 Å². The summed E-state index contributed by atoms with van der Waals surface area (Å²) in [5.74, 6) is 0.147. The predicted octanol–water partition coefficient (Wildman–Crippen LogP) is 3.92. The number of nitrogens with two attached hydrogens (primary N) is 1. The Hall–Kier alpha value is -0.756. The monoisotopic (exact) mass is 507 g/mol. The number of aliphatic hydroxyl groups is 1. The molecule has 0 aliphatic carbocycles. The van der Waals surface area contributed by atoms with Crippen LogP contribution in [0.2, 0.25) is 36.3 Å². The number of halogens is 1. The molecule has 1 aromatic rings. The summed E-state index contributed by atoms with van der Waals surface area (Å²) in [7, 11) is -4.49. The molecule has 0 saturated carbocycles. The van der Waals surface area contributed by atoms with Crippen LogP contribution in [0.3, 0.4) is 0 Å². The summed E-state index contributed by atoms with van der Waals surface area (Å²) in [6, 6.07) is 1.56. The van der Waals surface area contributed by atoms with Crippen molar-refractivity contribution in [1.82, 2.24) is 9.55 Å². The Morgan fingerprint density at radius 1 is 1.06 bits per heavy atom. The smallest absolute Gasteiger partial charge is 0.351 e. The second kappa shape index (κ2) is 9.85. The predicted molar refractivity (Wildman–Crippen MR) is 135 cm³/mol. The van der Waals surface area contributed by atoms with Gasteiger partial charge in [-0.25, -0.2) is 4.79 Å². The topological polar surface area (TPSA) is 109 Å². The van der Waals surface area contributed by atoms with Crippen molar-refractivity contribution >= 4 is 34.9 Å². The lowest BCUT2D eigenvalue weighted by Gasteiger charge is -2.44. The average Bonchev–Trinajstić information content (AvgIpc) is 2.89. The normalized spacial score (nSPS) is 25.0. The third kappa shape index (κ3) is 6.02. The molecule has 0 spiro atoms. The Kier molecular flexibility index (Phi) is 9.01. The quantitative estimate of drug-likeness (QED) is 0.561. The maximum absolute atomic E-state index is 12.6. The zero-order valence-electron chi connectivity index (χ0n) is 21.1. The first-order valence-corrected chi connectivity index (χ1v) is 16.7. The molecule has 0 bridgehead atoms. The molecule has 1 aromatic heterocycles. The minimum absolute atomic E-state index is 0. The van der Waals surface area contributed by atoms with Gasteiger partial charge in [-0.1, -0.05) is 41.5 Å². The van der Waals surface area contributed by atoms with E-state index in [-0.39, 0.29) is 34.9 Å². The fourth-order valence-corrected chi connectivity index (χ4v) is 5.60. The van der Waals surface area contributed by atoms with Gasteiger partial charge in [0.1, 0.15) is 24.1 Å². The second-order valence-electron chi connectivity index (χ2n) is 11.5. The second-order valence-corrected chi connectivity index (χ2v) is 21.0. The minimum atomic E-state index is -2.26. The highest BCUT2D eigenvalue weighted by atomic mass is 35.5. The summed E-state index contributed by atoms with van der Waals surface area (Å²) in [5, 5.41) is 10.0. The van der Waals surface area contributed by atoms with Gasteiger partial charge in [-0.05, 0) is 42.3 Å². The molecule has 8 nitrogen and oxygen atoms in total. The van der Waals surface area contributed by atoms with Gasteiger partial charge in [-0.2, -0.15) is 4.98 Å². The molecule has 2 rings (SSSR count). The summed E-state index contributed by atoms with van der Waals surface area (Å²) >= 11 is 0. The Labute approximate surface area is 200 Å². The van der Waals surface area contributed by atoms with Crippen LogP contribution in [-0.2, 0) is 13.6 Å². The number of anilines is 1. The molecule has 0 amide bonds. The maximum Gasteiger partial charge on any atom is 0.351 e. The first-order chi connectivity index (χ1) is 13.9. The largest absolute Gasteiger partial charge is 0.408 e. The molecule has 2 heterocycles. The van der Waals surface area contributed by atoms with E-state index >= 15 is 0 Å². The van der Waals surface area contributed by atoms with E-state index in [1.807, 2.05) is 0 Å². The summed E-state index contributed by atoms with van der Waals surface area (Å²) in [6.45, 7) is 21.4. The van der Waals surface area contributed by atoms with E-state index in [2.05, 4.69) is 72.7 Å². The highest BCUT2D eigenvalue weighted by Gasteiger charge is 2.54. The van der Waals surface area contributed by atoms with Crippen LogP contribution in [0.15, 0.2) is 17.1 Å². The number of hydrogen-bond donors (Lipinski definition) is 2. The zero-order valence-corrected chi connectivity index (χ0v) is 23.9. The molecule has 1 saturated heterocycles. The van der Waals surface area contributed by atoms with Gasteiger partial charge in [0, 0.05) is 6.20 Å². The third-order valence-corrected chi connectivity index (χ3v) is 16.0. The molecule has 0 radical (unpaired) electrons. The number of ether oxygens (including phenoxy) is 1. The van der Waals surface area contributed by atoms with Gasteiger partial charge in [0.05, 0.1) is 6.61 Å². The summed E-state index contributed by atoms with van der Waals surface area (Å²) in [4.78, 5) is 16.5.